The summed E-state index contributed by atoms with van der Waals surface area (Å²) in [5, 5.41) is 0. The van der Waals surface area contributed by atoms with Crippen LogP contribution in [0.25, 0.3) is 0 Å². The molecule has 0 aromatic rings. The summed E-state index contributed by atoms with van der Waals surface area (Å²) in [6.07, 6.45) is -0.557. The minimum absolute atomic E-state index is 0.0681. The summed E-state index contributed by atoms with van der Waals surface area (Å²) in [5.41, 5.74) is -0.806. The summed E-state index contributed by atoms with van der Waals surface area (Å²) in [6, 6.07) is 0. The molecule has 1 rings (SSSR count). The Morgan fingerprint density at radius 3 is 2.56 bits per heavy atom. The molecule has 1 saturated heterocycles. The lowest BCUT2D eigenvalue weighted by atomic mass is 10.1. The number of rotatable bonds is 3. The first-order valence-corrected chi connectivity index (χ1v) is 6.74. The molecule has 1 fully saturated rings. The van der Waals surface area contributed by atoms with Crippen LogP contribution in [0.4, 0.5) is 8.78 Å². The van der Waals surface area contributed by atoms with E-state index in [1.165, 1.54) is 0 Å². The van der Waals surface area contributed by atoms with Gasteiger partial charge in [0.15, 0.2) is 0 Å². The second-order valence-corrected chi connectivity index (χ2v) is 6.46. The molecule has 16 heavy (non-hydrogen) atoms. The van der Waals surface area contributed by atoms with Crippen molar-refractivity contribution in [2.24, 2.45) is 0 Å². The van der Waals surface area contributed by atoms with Crippen molar-refractivity contribution >= 4 is 21.6 Å². The number of halogens is 3. The van der Waals surface area contributed by atoms with E-state index in [9.17, 15) is 17.2 Å². The maximum absolute atomic E-state index is 12.4. The Balaban J connectivity index is 2.90. The molecule has 96 valence electrons. The molecule has 0 saturated carbocycles. The Kier molecular flexibility index (Phi) is 4.15. The molecule has 0 bridgehead atoms. The Hall–Kier alpha value is 0.0200. The SMILES string of the molecule is CC1(C)CN(S(=O)(=O)C(F)F)CC(CCl)O1. The van der Waals surface area contributed by atoms with Gasteiger partial charge in [-0.05, 0) is 13.8 Å². The minimum Gasteiger partial charge on any atom is -0.368 e. The van der Waals surface area contributed by atoms with E-state index < -0.39 is 27.5 Å². The van der Waals surface area contributed by atoms with Crippen molar-refractivity contribution in [1.82, 2.24) is 4.31 Å². The molecule has 1 unspecified atom stereocenters. The number of hydrogen-bond donors (Lipinski definition) is 0. The van der Waals surface area contributed by atoms with Crippen LogP contribution in [0.5, 0.6) is 0 Å². The Bertz CT molecular complexity index is 347. The average Bonchev–Trinajstić information content (AvgIpc) is 2.14. The molecule has 0 radical (unpaired) electrons. The van der Waals surface area contributed by atoms with Crippen molar-refractivity contribution in [3.63, 3.8) is 0 Å². The van der Waals surface area contributed by atoms with Gasteiger partial charge >= 0.3 is 5.76 Å². The van der Waals surface area contributed by atoms with E-state index >= 15 is 0 Å². The summed E-state index contributed by atoms with van der Waals surface area (Å²) in [6.45, 7) is 3.06. The Morgan fingerprint density at radius 2 is 2.12 bits per heavy atom. The van der Waals surface area contributed by atoms with E-state index in [0.29, 0.717) is 0 Å². The normalized spacial score (nSPS) is 27.2. The van der Waals surface area contributed by atoms with Gasteiger partial charge in [0.2, 0.25) is 0 Å². The van der Waals surface area contributed by atoms with Gasteiger partial charge in [-0.15, -0.1) is 11.6 Å². The molecule has 0 amide bonds. The monoisotopic (exact) mass is 277 g/mol. The summed E-state index contributed by atoms with van der Waals surface area (Å²) < 4.78 is 53.6. The van der Waals surface area contributed by atoms with E-state index in [2.05, 4.69) is 0 Å². The van der Waals surface area contributed by atoms with Gasteiger partial charge < -0.3 is 4.74 Å². The predicted molar refractivity (Wildman–Crippen MR) is 56.2 cm³/mol. The zero-order valence-corrected chi connectivity index (χ0v) is 10.6. The van der Waals surface area contributed by atoms with Crippen LogP contribution in [0, 0.1) is 0 Å². The smallest absolute Gasteiger partial charge is 0.350 e. The highest BCUT2D eigenvalue weighted by atomic mass is 35.5. The quantitative estimate of drug-likeness (QED) is 0.730. The van der Waals surface area contributed by atoms with Crippen LogP contribution in [-0.2, 0) is 14.8 Å². The topological polar surface area (TPSA) is 46.6 Å². The molecule has 1 heterocycles. The first-order chi connectivity index (χ1) is 7.19. The molecule has 0 N–H and O–H groups in total. The minimum atomic E-state index is -4.55. The summed E-state index contributed by atoms with van der Waals surface area (Å²) in [7, 11) is -4.55. The van der Waals surface area contributed by atoms with Gasteiger partial charge in [0.1, 0.15) is 0 Å². The third-order valence-electron chi connectivity index (χ3n) is 2.21. The molecule has 0 aromatic heterocycles. The molecule has 0 aliphatic carbocycles. The van der Waals surface area contributed by atoms with Crippen LogP contribution in [0.2, 0.25) is 0 Å². The maximum Gasteiger partial charge on any atom is 0.350 e. The van der Waals surface area contributed by atoms with Crippen molar-refractivity contribution < 1.29 is 21.9 Å². The van der Waals surface area contributed by atoms with Gasteiger partial charge in [-0.3, -0.25) is 0 Å². The van der Waals surface area contributed by atoms with Crippen LogP contribution in [-0.4, -0.2) is 49.2 Å². The number of nitrogens with zero attached hydrogens (tertiary/aromatic N) is 1. The zero-order valence-electron chi connectivity index (χ0n) is 8.99. The number of morpholine rings is 1. The maximum atomic E-state index is 12.4. The van der Waals surface area contributed by atoms with E-state index in [-0.39, 0.29) is 19.0 Å². The summed E-state index contributed by atoms with van der Waals surface area (Å²) in [5.74, 6) is -3.34. The lowest BCUT2D eigenvalue weighted by Crippen LogP contribution is -2.56. The molecule has 4 nitrogen and oxygen atoms in total. The first-order valence-electron chi connectivity index (χ1n) is 4.70. The fourth-order valence-corrected chi connectivity index (χ4v) is 2.88. The fraction of sp³-hybridized carbons (Fsp3) is 1.00. The van der Waals surface area contributed by atoms with Gasteiger partial charge in [-0.1, -0.05) is 0 Å². The number of ether oxygens (including phenoxy) is 1. The zero-order chi connectivity index (χ0) is 12.6. The molecular weight excluding hydrogens is 264 g/mol. The summed E-state index contributed by atoms with van der Waals surface area (Å²) in [4.78, 5) is 0. The number of alkyl halides is 3. The Labute approximate surface area is 98.6 Å². The number of hydrogen-bond acceptors (Lipinski definition) is 3. The van der Waals surface area contributed by atoms with E-state index in [1.807, 2.05) is 0 Å². The van der Waals surface area contributed by atoms with E-state index in [4.69, 9.17) is 16.3 Å². The highest BCUT2D eigenvalue weighted by molar-refractivity contribution is 7.89. The molecule has 0 spiro atoms. The molecule has 1 atom stereocenters. The van der Waals surface area contributed by atoms with Crippen LogP contribution in [0.1, 0.15) is 13.8 Å². The predicted octanol–water partition coefficient (Wildman–Crippen LogP) is 1.26. The fourth-order valence-electron chi connectivity index (χ4n) is 1.63. The third-order valence-corrected chi connectivity index (χ3v) is 4.00. The van der Waals surface area contributed by atoms with Gasteiger partial charge in [-0.25, -0.2) is 8.42 Å². The Morgan fingerprint density at radius 1 is 1.56 bits per heavy atom. The molecular formula is C8H14ClF2NO3S. The van der Waals surface area contributed by atoms with Crippen LogP contribution < -0.4 is 0 Å². The van der Waals surface area contributed by atoms with Gasteiger partial charge in [0.25, 0.3) is 10.0 Å². The van der Waals surface area contributed by atoms with Crippen molar-refractivity contribution in [3.8, 4) is 0 Å². The highest BCUT2D eigenvalue weighted by Gasteiger charge is 2.42. The van der Waals surface area contributed by atoms with Crippen LogP contribution in [0.15, 0.2) is 0 Å². The van der Waals surface area contributed by atoms with Crippen molar-refractivity contribution in [3.05, 3.63) is 0 Å². The summed E-state index contributed by atoms with van der Waals surface area (Å²) >= 11 is 5.57. The highest BCUT2D eigenvalue weighted by Crippen LogP contribution is 2.25. The second-order valence-electron chi connectivity index (χ2n) is 4.25. The van der Waals surface area contributed by atoms with E-state index in [1.54, 1.807) is 13.8 Å². The van der Waals surface area contributed by atoms with Gasteiger partial charge in [0.05, 0.1) is 11.7 Å². The van der Waals surface area contributed by atoms with Crippen LogP contribution in [0.3, 0.4) is 0 Å². The lowest BCUT2D eigenvalue weighted by molar-refractivity contribution is -0.108. The molecule has 0 aromatic carbocycles. The average molecular weight is 278 g/mol. The molecule has 1 aliphatic heterocycles. The third kappa shape index (κ3) is 3.03. The van der Waals surface area contributed by atoms with Crippen molar-refractivity contribution in [2.75, 3.05) is 19.0 Å². The molecule has 8 heteroatoms. The van der Waals surface area contributed by atoms with Gasteiger partial charge in [-0.2, -0.15) is 13.1 Å². The molecule has 1 aliphatic rings. The standard InChI is InChI=1S/C8H14ClF2NO3S/c1-8(2)5-12(4-6(3-9)15-8)16(13,14)7(10)11/h6-7H,3-5H2,1-2H3. The largest absolute Gasteiger partial charge is 0.368 e. The van der Waals surface area contributed by atoms with Crippen molar-refractivity contribution in [1.29, 1.82) is 0 Å². The van der Waals surface area contributed by atoms with E-state index in [0.717, 1.165) is 4.31 Å². The van der Waals surface area contributed by atoms with Gasteiger partial charge in [0, 0.05) is 19.0 Å². The first kappa shape index (κ1) is 14.1. The number of sulfonamides is 1. The second kappa shape index (κ2) is 4.72. The van der Waals surface area contributed by atoms with Crippen LogP contribution >= 0.6 is 11.6 Å². The van der Waals surface area contributed by atoms with Crippen molar-refractivity contribution in [2.45, 2.75) is 31.3 Å². The lowest BCUT2D eigenvalue weighted by Gasteiger charge is -2.41.